The Labute approximate surface area is 782 Å². The summed E-state index contributed by atoms with van der Waals surface area (Å²) in [5, 5.41) is 10.5. The molecule has 5 saturated carbocycles. The number of carbonyl (C=O) groups excluding carboxylic acids is 1. The van der Waals surface area contributed by atoms with Crippen LogP contribution in [0.4, 0.5) is 13.2 Å². The predicted octanol–water partition coefficient (Wildman–Crippen LogP) is 31.9. The van der Waals surface area contributed by atoms with Crippen molar-refractivity contribution in [2.45, 2.75) is 370 Å². The van der Waals surface area contributed by atoms with Crippen LogP contribution in [0, 0.1) is 52.8 Å². The number of benzene rings is 9. The Hall–Kier alpha value is -7.76. The Morgan fingerprint density at radius 2 is 0.771 bits per heavy atom. The van der Waals surface area contributed by atoms with Crippen molar-refractivity contribution in [1.29, 1.82) is 0 Å². The van der Waals surface area contributed by atoms with Crippen LogP contribution < -0.4 is 23.7 Å². The van der Waals surface area contributed by atoms with Gasteiger partial charge >= 0.3 is 12.1 Å². The number of ether oxygens (including phenoxy) is 11. The standard InChI is InChI=1S/C28H36O2.C25H37F3O4.C24H32O2.C20H26O2.C19H24O2/c1-15(2)28(30-26-14-18-13-24(26)22-9-6-8-21(18)22)29-25-12-11-20-17(4)16(3)19-7-5-10-23(25)27(19)20;1-6-23(3,4)22(29)31-21-14-12-20(13-15-21)24(5,25(26,27)28)32-18(2)30-17-16-19-10-8-7-9-11-19;1-16-17(2)21-12-13-23(22-11-7-10-20(16)24(21)22)26-18(3)25-15-14-19-8-5-4-6-9-19;1-12-13(2)16-10-11-18(21-14(3)22-20(4,5)6)17-9-7-8-15(12)19(16)17;1-11(2)19(20-5)21-17-10-9-15-13(4)12(3)14-7-6-8-16(17)18(14)15/h5,7,10-12,15-18,21-22,24,26,28H,6,8-9,13-14H2,1-4H3;12-15,18-19H,6-11,16-17H2,1-5H3;7,10-13,16-19H,4-6,8-9,14-15H2,1-3H3;7-14H,1-6H3;6-13,19H,1-5H3. The van der Waals surface area contributed by atoms with E-state index in [4.69, 9.17) is 52.1 Å². The minimum atomic E-state index is -4.66. The van der Waals surface area contributed by atoms with Crippen molar-refractivity contribution >= 4 is 49.1 Å². The second-order valence-electron chi connectivity index (χ2n) is 42.8. The monoisotopic (exact) mass is 1800 g/mol. The van der Waals surface area contributed by atoms with Gasteiger partial charge in [0.1, 0.15) is 28.7 Å². The summed E-state index contributed by atoms with van der Waals surface area (Å²) < 4.78 is 108. The quantitative estimate of drug-likeness (QED) is 0.0264. The number of esters is 1. The maximum Gasteiger partial charge on any atom is 0.421 e. The van der Waals surface area contributed by atoms with Crippen molar-refractivity contribution < 1.29 is 70.1 Å². The highest BCUT2D eigenvalue weighted by atomic mass is 19.4. The molecule has 2 bridgehead atoms. The van der Waals surface area contributed by atoms with Crippen LogP contribution in [0.1, 0.15) is 365 Å². The molecule has 0 radical (unpaired) electrons. The lowest BCUT2D eigenvalue weighted by Crippen LogP contribution is -2.44. The van der Waals surface area contributed by atoms with E-state index in [0.717, 1.165) is 85.4 Å². The summed E-state index contributed by atoms with van der Waals surface area (Å²) in [5.74, 6) is 13.9. The average molecular weight is 1800 g/mol. The lowest BCUT2D eigenvalue weighted by Gasteiger charge is -2.35. The van der Waals surface area contributed by atoms with Crippen LogP contribution in [0.15, 0.2) is 146 Å². The Balaban J connectivity index is 0.000000133. The lowest BCUT2D eigenvalue weighted by molar-refractivity contribution is -0.321. The first-order valence-corrected chi connectivity index (χ1v) is 50.4. The minimum Gasteiger partial charge on any atom is -0.465 e. The third kappa shape index (κ3) is 21.9. The van der Waals surface area contributed by atoms with Gasteiger partial charge in [-0.05, 0) is 298 Å². The van der Waals surface area contributed by atoms with Crippen LogP contribution in [0.3, 0.4) is 0 Å². The normalized spacial score (nSPS) is 25.1. The van der Waals surface area contributed by atoms with Crippen molar-refractivity contribution in [3.8, 4) is 28.7 Å². The Morgan fingerprint density at radius 1 is 0.397 bits per heavy atom. The largest absolute Gasteiger partial charge is 0.465 e. The molecular formula is C116H155F3O12. The van der Waals surface area contributed by atoms with E-state index in [-0.39, 0.29) is 42.1 Å². The zero-order chi connectivity index (χ0) is 93.9. The molecule has 12 nitrogen and oxygen atoms in total. The summed E-state index contributed by atoms with van der Waals surface area (Å²) in [5.41, 5.74) is 8.12. The van der Waals surface area contributed by atoms with Crippen LogP contribution in [0.2, 0.25) is 0 Å². The predicted molar refractivity (Wildman–Crippen MR) is 526 cm³/mol. The summed E-state index contributed by atoms with van der Waals surface area (Å²) in [6.45, 7) is 46.5. The molecule has 0 aliphatic heterocycles. The zero-order valence-corrected chi connectivity index (χ0v) is 83.2. The van der Waals surface area contributed by atoms with Crippen molar-refractivity contribution in [3.63, 3.8) is 0 Å². The van der Waals surface area contributed by atoms with Crippen LogP contribution in [0.5, 0.6) is 28.7 Å². The number of rotatable bonds is 28. The van der Waals surface area contributed by atoms with Gasteiger partial charge in [0.15, 0.2) is 24.5 Å². The molecule has 0 heterocycles. The van der Waals surface area contributed by atoms with Gasteiger partial charge in [0, 0.05) is 47.1 Å². The number of carbonyl (C=O) groups is 1. The van der Waals surface area contributed by atoms with Gasteiger partial charge in [-0.3, -0.25) is 4.79 Å². The van der Waals surface area contributed by atoms with Crippen molar-refractivity contribution in [3.05, 3.63) is 196 Å². The number of fused-ring (bicyclic) bond motifs is 5. The Kier molecular flexibility index (Phi) is 32.0. The average Bonchev–Trinajstić information content (AvgIpc) is 1.62. The number of alkyl halides is 3. The number of halogens is 3. The van der Waals surface area contributed by atoms with Crippen LogP contribution >= 0.6 is 0 Å². The Morgan fingerprint density at radius 3 is 1.15 bits per heavy atom. The third-order valence-corrected chi connectivity index (χ3v) is 32.0. The molecule has 0 aromatic heterocycles. The molecule has 0 N–H and O–H groups in total. The fourth-order valence-electron chi connectivity index (χ4n) is 23.3. The molecular weight excluding hydrogens is 1640 g/mol. The van der Waals surface area contributed by atoms with Crippen LogP contribution in [0.25, 0.3) is 43.1 Å². The summed E-state index contributed by atoms with van der Waals surface area (Å²) in [4.78, 5) is 12.2. The summed E-state index contributed by atoms with van der Waals surface area (Å²) >= 11 is 0. The van der Waals surface area contributed by atoms with Gasteiger partial charge in [-0.25, -0.2) is 0 Å². The van der Waals surface area contributed by atoms with Crippen LogP contribution in [-0.2, 0) is 38.8 Å². The number of hydrogen-bond acceptors (Lipinski definition) is 12. The second kappa shape index (κ2) is 42.2. The number of hydrogen-bond donors (Lipinski definition) is 0. The molecule has 18 rings (SSSR count). The van der Waals surface area contributed by atoms with Gasteiger partial charge in [-0.2, -0.15) is 13.2 Å². The highest BCUT2D eigenvalue weighted by molar-refractivity contribution is 5.99. The summed E-state index contributed by atoms with van der Waals surface area (Å²) in [6, 6.07) is 49.3. The second-order valence-corrected chi connectivity index (χ2v) is 42.8. The zero-order valence-electron chi connectivity index (χ0n) is 83.2. The van der Waals surface area contributed by atoms with E-state index in [2.05, 4.69) is 204 Å². The highest BCUT2D eigenvalue weighted by Gasteiger charge is 2.56. The molecule has 0 spiro atoms. The topological polar surface area (TPSA) is 119 Å². The maximum absolute atomic E-state index is 14.0. The van der Waals surface area contributed by atoms with Gasteiger partial charge < -0.3 is 52.1 Å². The summed E-state index contributed by atoms with van der Waals surface area (Å²) in [6.07, 6.45) is 16.5. The molecule has 131 heavy (non-hydrogen) atoms. The molecule has 0 amide bonds. The molecule has 9 aromatic rings. The van der Waals surface area contributed by atoms with Gasteiger partial charge in [0.05, 0.1) is 23.7 Å². The van der Waals surface area contributed by atoms with Gasteiger partial charge in [0.2, 0.25) is 12.6 Å². The first kappa shape index (κ1) is 99.2. The van der Waals surface area contributed by atoms with E-state index in [9.17, 15) is 18.0 Å². The molecule has 0 saturated heterocycles. The fourth-order valence-corrected chi connectivity index (χ4v) is 23.3. The van der Waals surface area contributed by atoms with Crippen molar-refractivity contribution in [2.75, 3.05) is 20.3 Å². The van der Waals surface area contributed by atoms with Gasteiger partial charge in [0.25, 0.3) is 0 Å². The molecule has 19 unspecified atom stereocenters. The van der Waals surface area contributed by atoms with Crippen LogP contribution in [-0.4, -0.2) is 75.6 Å². The number of methoxy groups -OCH3 is 1. The first-order valence-electron chi connectivity index (χ1n) is 50.4. The van der Waals surface area contributed by atoms with E-state index < -0.39 is 29.5 Å². The van der Waals surface area contributed by atoms with E-state index in [0.29, 0.717) is 84.2 Å². The molecule has 712 valence electrons. The van der Waals surface area contributed by atoms with Crippen molar-refractivity contribution in [2.24, 2.45) is 52.8 Å². The maximum atomic E-state index is 14.0. The molecule has 15 heteroatoms. The minimum absolute atomic E-state index is 0.0812. The molecule has 19 atom stereocenters. The third-order valence-electron chi connectivity index (χ3n) is 32.0. The highest BCUT2D eigenvalue weighted by Crippen LogP contribution is 2.61. The first-order chi connectivity index (χ1) is 62.4. The van der Waals surface area contributed by atoms with Gasteiger partial charge in [-0.15, -0.1) is 0 Å². The van der Waals surface area contributed by atoms with E-state index in [1.807, 2.05) is 41.5 Å². The van der Waals surface area contributed by atoms with Crippen molar-refractivity contribution in [1.82, 2.24) is 0 Å². The molecule has 9 aliphatic rings. The summed E-state index contributed by atoms with van der Waals surface area (Å²) in [7, 11) is 1.70. The van der Waals surface area contributed by atoms with E-state index in [1.54, 1.807) is 21.0 Å². The van der Waals surface area contributed by atoms with Gasteiger partial charge in [-0.1, -0.05) is 270 Å². The lowest BCUT2D eigenvalue weighted by atomic mass is 9.80. The van der Waals surface area contributed by atoms with E-state index >= 15 is 0 Å². The Bertz CT molecular complexity index is 5270. The SMILES string of the molecule is CC(C)C(Oc1ccc2c3c(cccc13)C(C)C2C)OC1CC2CC1C1CCCC21.CC(OCCC1CCCCC1)Oc1ccc2c3c(cccc13)C(C)C2C.CC(Oc1ccc2c3c(cccc13)C(C)C2C)OC(C)(C)C.CCC(C)(C)C(=O)Oc1ccc(C(C)(OC(C)OCCC2CCCCC2)C(F)(F)F)cc1.COC(Oc1ccc2c3c(cccc13)C(C)C2C)C(C)C. The molecule has 5 fully saturated rings. The fraction of sp³-hybridized carbons (Fsp3) is 0.595. The molecule has 9 aromatic carbocycles. The molecule has 9 aliphatic carbocycles. The van der Waals surface area contributed by atoms with E-state index in [1.165, 1.54) is 209 Å². The smallest absolute Gasteiger partial charge is 0.421 e.